The molecule has 7 nitrogen and oxygen atoms in total. The molecule has 0 unspecified atom stereocenters. The smallest absolute Gasteiger partial charge is 0.244 e. The van der Waals surface area contributed by atoms with Crippen molar-refractivity contribution in [2.45, 2.75) is 52.2 Å². The predicted molar refractivity (Wildman–Crippen MR) is 167 cm³/mol. The number of carbonyl (C=O) groups is 2. The molecule has 0 fully saturated rings. The molecule has 3 aromatic rings. The number of nitrogens with zero attached hydrogens (tertiary/aromatic N) is 2. The van der Waals surface area contributed by atoms with Gasteiger partial charge in [-0.2, -0.15) is 0 Å². The molecule has 0 bridgehead atoms. The average molecular weight is 639 g/mol. The zero-order valence-electron chi connectivity index (χ0n) is 23.4. The van der Waals surface area contributed by atoms with Gasteiger partial charge in [0.1, 0.15) is 12.6 Å². The third-order valence-corrected chi connectivity index (χ3v) is 8.89. The van der Waals surface area contributed by atoms with Gasteiger partial charge in [0.15, 0.2) is 0 Å². The van der Waals surface area contributed by atoms with Crippen LogP contribution in [0, 0.1) is 6.92 Å². The fourth-order valence-corrected chi connectivity index (χ4v) is 5.66. The number of sulfonamides is 1. The van der Waals surface area contributed by atoms with Gasteiger partial charge in [-0.05, 0) is 61.2 Å². The summed E-state index contributed by atoms with van der Waals surface area (Å²) in [5.41, 5.74) is 2.40. The predicted octanol–water partition coefficient (Wildman–Crippen LogP) is 6.28. The van der Waals surface area contributed by atoms with Crippen molar-refractivity contribution < 1.29 is 18.0 Å². The molecule has 0 spiro atoms. The van der Waals surface area contributed by atoms with Crippen LogP contribution in [0.3, 0.4) is 0 Å². The Labute approximate surface area is 257 Å². The normalized spacial score (nSPS) is 12.9. The zero-order valence-corrected chi connectivity index (χ0v) is 26.5. The third-order valence-electron chi connectivity index (χ3n) is 6.75. The minimum Gasteiger partial charge on any atom is -0.352 e. The Balaban J connectivity index is 2.10. The maximum atomic E-state index is 14.1. The van der Waals surface area contributed by atoms with Gasteiger partial charge in [0.2, 0.25) is 21.8 Å². The Hall–Kier alpha value is -2.78. The van der Waals surface area contributed by atoms with Crippen LogP contribution >= 0.6 is 34.8 Å². The summed E-state index contributed by atoms with van der Waals surface area (Å²) < 4.78 is 26.8. The van der Waals surface area contributed by atoms with E-state index in [4.69, 9.17) is 34.8 Å². The molecule has 1 N–H and O–H groups in total. The van der Waals surface area contributed by atoms with E-state index in [0.717, 1.165) is 21.7 Å². The van der Waals surface area contributed by atoms with Gasteiger partial charge >= 0.3 is 0 Å². The topological polar surface area (TPSA) is 86.8 Å². The van der Waals surface area contributed by atoms with E-state index in [1.54, 1.807) is 37.3 Å². The molecular weight excluding hydrogens is 605 g/mol. The fourth-order valence-electron chi connectivity index (χ4n) is 4.18. The average Bonchev–Trinajstić information content (AvgIpc) is 2.91. The van der Waals surface area contributed by atoms with Crippen LogP contribution in [0.4, 0.5) is 5.69 Å². The second kappa shape index (κ2) is 14.4. The molecule has 0 heterocycles. The van der Waals surface area contributed by atoms with E-state index in [-0.39, 0.29) is 30.6 Å². The highest BCUT2D eigenvalue weighted by atomic mass is 35.5. The highest BCUT2D eigenvalue weighted by molar-refractivity contribution is 7.92. The lowest BCUT2D eigenvalue weighted by atomic mass is 10.0. The number of nitrogens with one attached hydrogen (secondary N) is 1. The summed E-state index contributed by atoms with van der Waals surface area (Å²) in [5, 5.41) is 4.10. The van der Waals surface area contributed by atoms with Crippen molar-refractivity contribution in [3.8, 4) is 0 Å². The largest absolute Gasteiger partial charge is 0.352 e. The first-order valence-electron chi connectivity index (χ1n) is 13.1. The van der Waals surface area contributed by atoms with E-state index in [2.05, 4.69) is 5.32 Å². The number of amides is 2. The lowest BCUT2D eigenvalue weighted by Gasteiger charge is -2.34. The molecule has 2 amide bonds. The maximum absolute atomic E-state index is 14.1. The minimum atomic E-state index is -3.91. The van der Waals surface area contributed by atoms with Crippen molar-refractivity contribution in [2.24, 2.45) is 0 Å². The number of hydrogen-bond donors (Lipinski definition) is 1. The van der Waals surface area contributed by atoms with E-state index in [9.17, 15) is 18.0 Å². The quantitative estimate of drug-likeness (QED) is 0.253. The first kappa shape index (κ1) is 32.7. The Bertz CT molecular complexity index is 1490. The van der Waals surface area contributed by atoms with E-state index in [1.807, 2.05) is 44.2 Å². The second-order valence-electron chi connectivity index (χ2n) is 9.98. The van der Waals surface area contributed by atoms with Crippen LogP contribution in [0.1, 0.15) is 37.0 Å². The van der Waals surface area contributed by atoms with Crippen LogP contribution in [0.5, 0.6) is 0 Å². The number of carbonyl (C=O) groups excluding carboxylic acids is 2. The molecule has 0 aliphatic heterocycles. The van der Waals surface area contributed by atoms with Gasteiger partial charge in [-0.25, -0.2) is 8.42 Å². The number of benzene rings is 3. The van der Waals surface area contributed by atoms with Gasteiger partial charge in [-0.1, -0.05) is 84.2 Å². The Morgan fingerprint density at radius 2 is 1.63 bits per heavy atom. The van der Waals surface area contributed by atoms with Gasteiger partial charge in [0.25, 0.3) is 0 Å². The first-order chi connectivity index (χ1) is 19.3. The number of halogens is 3. The van der Waals surface area contributed by atoms with Crippen molar-refractivity contribution in [3.05, 3.63) is 98.5 Å². The monoisotopic (exact) mass is 637 g/mol. The lowest BCUT2D eigenvalue weighted by molar-refractivity contribution is -0.140. The van der Waals surface area contributed by atoms with Crippen LogP contribution in [0.15, 0.2) is 66.7 Å². The van der Waals surface area contributed by atoms with Gasteiger partial charge in [0, 0.05) is 34.1 Å². The molecule has 0 aromatic heterocycles. The molecule has 3 rings (SSSR count). The van der Waals surface area contributed by atoms with Gasteiger partial charge in [0.05, 0.1) is 11.9 Å². The van der Waals surface area contributed by atoms with Crippen LogP contribution in [0.25, 0.3) is 0 Å². The van der Waals surface area contributed by atoms with E-state index < -0.39 is 28.5 Å². The highest BCUT2D eigenvalue weighted by Crippen LogP contribution is 2.27. The molecule has 11 heteroatoms. The number of rotatable bonds is 12. The standard InChI is InChI=1S/C30H34Cl3N3O4S/c1-5-21(3)34-30(38)28(15-22-9-7-6-8-10-22)35(18-23-12-13-24(31)16-27(23)33)29(37)19-36(41(4,39)40)25-14-11-20(2)26(32)17-25/h6-14,16-17,21,28H,5,15,18-19H2,1-4H3,(H,34,38)/t21-,28-/m0/s1. The van der Waals surface area contributed by atoms with Gasteiger partial charge in [-0.15, -0.1) is 0 Å². The number of anilines is 1. The summed E-state index contributed by atoms with van der Waals surface area (Å²) in [6.07, 6.45) is 1.91. The van der Waals surface area contributed by atoms with Crippen LogP contribution < -0.4 is 9.62 Å². The molecule has 0 aliphatic carbocycles. The second-order valence-corrected chi connectivity index (χ2v) is 13.1. The minimum absolute atomic E-state index is 0.0491. The summed E-state index contributed by atoms with van der Waals surface area (Å²) >= 11 is 18.9. The number of aryl methyl sites for hydroxylation is 1. The SMILES string of the molecule is CC[C@H](C)NC(=O)[C@H](Cc1ccccc1)N(Cc1ccc(Cl)cc1Cl)C(=O)CN(c1ccc(C)c(Cl)c1)S(C)(=O)=O. The molecule has 0 saturated heterocycles. The highest BCUT2D eigenvalue weighted by Gasteiger charge is 2.34. The molecule has 41 heavy (non-hydrogen) atoms. The molecule has 0 radical (unpaired) electrons. The zero-order chi connectivity index (χ0) is 30.3. The molecule has 0 saturated carbocycles. The molecule has 220 valence electrons. The number of hydrogen-bond acceptors (Lipinski definition) is 4. The van der Waals surface area contributed by atoms with Crippen LogP contribution in [0.2, 0.25) is 15.1 Å². The Kier molecular flexibility index (Phi) is 11.5. The van der Waals surface area contributed by atoms with Crippen molar-refractivity contribution >= 4 is 62.3 Å². The van der Waals surface area contributed by atoms with Crippen molar-refractivity contribution in [1.82, 2.24) is 10.2 Å². The van der Waals surface area contributed by atoms with Gasteiger partial charge < -0.3 is 10.2 Å². The van der Waals surface area contributed by atoms with Crippen molar-refractivity contribution in [2.75, 3.05) is 17.1 Å². The van der Waals surface area contributed by atoms with Crippen molar-refractivity contribution in [1.29, 1.82) is 0 Å². The van der Waals surface area contributed by atoms with Crippen molar-refractivity contribution in [3.63, 3.8) is 0 Å². The van der Waals surface area contributed by atoms with E-state index in [0.29, 0.717) is 27.1 Å². The summed E-state index contributed by atoms with van der Waals surface area (Å²) in [7, 11) is -3.91. The third kappa shape index (κ3) is 9.10. The summed E-state index contributed by atoms with van der Waals surface area (Å²) in [5.74, 6) is -0.940. The van der Waals surface area contributed by atoms with Crippen LogP contribution in [-0.2, 0) is 32.6 Å². The summed E-state index contributed by atoms with van der Waals surface area (Å²) in [6.45, 7) is 5.03. The summed E-state index contributed by atoms with van der Waals surface area (Å²) in [4.78, 5) is 29.2. The molecule has 3 aromatic carbocycles. The van der Waals surface area contributed by atoms with Gasteiger partial charge in [-0.3, -0.25) is 13.9 Å². The maximum Gasteiger partial charge on any atom is 0.244 e. The fraction of sp³-hybridized carbons (Fsp3) is 0.333. The summed E-state index contributed by atoms with van der Waals surface area (Å²) in [6, 6.07) is 17.9. The lowest BCUT2D eigenvalue weighted by Crippen LogP contribution is -2.54. The Morgan fingerprint density at radius 1 is 0.951 bits per heavy atom. The first-order valence-corrected chi connectivity index (χ1v) is 16.1. The van der Waals surface area contributed by atoms with E-state index >= 15 is 0 Å². The van der Waals surface area contributed by atoms with E-state index in [1.165, 1.54) is 11.0 Å². The molecule has 2 atom stereocenters. The Morgan fingerprint density at radius 3 is 2.22 bits per heavy atom. The molecule has 0 aliphatic rings. The van der Waals surface area contributed by atoms with Crippen LogP contribution in [-0.4, -0.2) is 50.0 Å². The molecular formula is C30H34Cl3N3O4S.